The lowest BCUT2D eigenvalue weighted by Gasteiger charge is -2.15. The van der Waals surface area contributed by atoms with Gasteiger partial charge in [0.2, 0.25) is 5.91 Å². The monoisotopic (exact) mass is 369 g/mol. The zero-order valence-electron chi connectivity index (χ0n) is 14.9. The van der Waals surface area contributed by atoms with Gasteiger partial charge in [-0.15, -0.1) is 0 Å². The van der Waals surface area contributed by atoms with Gasteiger partial charge in [0, 0.05) is 6.07 Å². The summed E-state index contributed by atoms with van der Waals surface area (Å²) in [7, 11) is 2.98. The molecule has 8 nitrogen and oxygen atoms in total. The van der Waals surface area contributed by atoms with Crippen LogP contribution in [-0.2, 0) is 9.59 Å². The van der Waals surface area contributed by atoms with Gasteiger partial charge in [-0.1, -0.05) is 30.3 Å². The van der Waals surface area contributed by atoms with Crippen LogP contribution in [-0.4, -0.2) is 43.5 Å². The maximum Gasteiger partial charge on any atom is 0.325 e. The van der Waals surface area contributed by atoms with Crippen molar-refractivity contribution in [3.63, 3.8) is 0 Å². The Morgan fingerprint density at radius 3 is 2.52 bits per heavy atom. The second-order valence-corrected chi connectivity index (χ2v) is 5.83. The lowest BCUT2D eigenvalue weighted by molar-refractivity contribution is -0.130. The Morgan fingerprint density at radius 2 is 1.85 bits per heavy atom. The van der Waals surface area contributed by atoms with E-state index in [1.165, 1.54) is 14.2 Å². The first kappa shape index (κ1) is 18.2. The minimum absolute atomic E-state index is 0.383. The third-order valence-electron chi connectivity index (χ3n) is 4.14. The fourth-order valence-electron chi connectivity index (χ4n) is 2.79. The van der Waals surface area contributed by atoms with E-state index in [1.54, 1.807) is 42.5 Å². The zero-order chi connectivity index (χ0) is 19.4. The van der Waals surface area contributed by atoms with Crippen molar-refractivity contribution in [3.05, 3.63) is 54.1 Å². The summed E-state index contributed by atoms with van der Waals surface area (Å²) in [4.78, 5) is 38.0. The van der Waals surface area contributed by atoms with Crippen LogP contribution in [0.5, 0.6) is 11.5 Å². The third-order valence-corrected chi connectivity index (χ3v) is 4.14. The number of methoxy groups -OCH3 is 2. The number of imide groups is 1. The molecule has 0 saturated carbocycles. The SMILES string of the molecule is COc1ccc(OC)c(NC(=O)CN2C(=O)NC(c3ccccc3)C2=O)c1. The van der Waals surface area contributed by atoms with Crippen LogP contribution >= 0.6 is 0 Å². The van der Waals surface area contributed by atoms with Gasteiger partial charge in [-0.2, -0.15) is 0 Å². The Labute approximate surface area is 156 Å². The van der Waals surface area contributed by atoms with Crippen LogP contribution in [0.15, 0.2) is 48.5 Å². The average molecular weight is 369 g/mol. The summed E-state index contributed by atoms with van der Waals surface area (Å²) >= 11 is 0. The highest BCUT2D eigenvalue weighted by Crippen LogP contribution is 2.29. The Morgan fingerprint density at radius 1 is 1.11 bits per heavy atom. The van der Waals surface area contributed by atoms with E-state index >= 15 is 0 Å². The number of rotatable bonds is 6. The van der Waals surface area contributed by atoms with Crippen molar-refractivity contribution in [2.24, 2.45) is 0 Å². The van der Waals surface area contributed by atoms with Crippen molar-refractivity contribution < 1.29 is 23.9 Å². The van der Waals surface area contributed by atoms with E-state index in [4.69, 9.17) is 9.47 Å². The Balaban J connectivity index is 1.71. The van der Waals surface area contributed by atoms with Gasteiger partial charge in [0.05, 0.1) is 19.9 Å². The molecular formula is C19H19N3O5. The van der Waals surface area contributed by atoms with Crippen LogP contribution in [0.3, 0.4) is 0 Å². The predicted molar refractivity (Wildman–Crippen MR) is 97.6 cm³/mol. The fraction of sp³-hybridized carbons (Fsp3) is 0.211. The van der Waals surface area contributed by atoms with Crippen LogP contribution in [0.1, 0.15) is 11.6 Å². The van der Waals surface area contributed by atoms with Gasteiger partial charge in [0.25, 0.3) is 5.91 Å². The maximum absolute atomic E-state index is 12.5. The smallest absolute Gasteiger partial charge is 0.325 e. The summed E-state index contributed by atoms with van der Waals surface area (Å²) in [6, 6.07) is 12.4. The first-order valence-electron chi connectivity index (χ1n) is 8.22. The van der Waals surface area contributed by atoms with Crippen molar-refractivity contribution in [3.8, 4) is 11.5 Å². The molecule has 1 aliphatic rings. The van der Waals surface area contributed by atoms with E-state index in [9.17, 15) is 14.4 Å². The molecule has 8 heteroatoms. The molecule has 1 unspecified atom stereocenters. The summed E-state index contributed by atoms with van der Waals surface area (Å²) in [5.74, 6) is -0.0357. The fourth-order valence-corrected chi connectivity index (χ4v) is 2.79. The number of urea groups is 1. The van der Waals surface area contributed by atoms with E-state index in [2.05, 4.69) is 10.6 Å². The number of ether oxygens (including phenoxy) is 2. The highest BCUT2D eigenvalue weighted by molar-refractivity contribution is 6.08. The summed E-state index contributed by atoms with van der Waals surface area (Å²) in [6.45, 7) is -0.408. The number of hydrogen-bond acceptors (Lipinski definition) is 5. The summed E-state index contributed by atoms with van der Waals surface area (Å²) < 4.78 is 10.3. The molecule has 3 rings (SSSR count). The van der Waals surface area contributed by atoms with Gasteiger partial charge in [0.15, 0.2) is 0 Å². The number of carbonyl (C=O) groups excluding carboxylic acids is 3. The van der Waals surface area contributed by atoms with Crippen molar-refractivity contribution in [1.82, 2.24) is 10.2 Å². The largest absolute Gasteiger partial charge is 0.497 e. The molecule has 140 valence electrons. The minimum atomic E-state index is -0.794. The van der Waals surface area contributed by atoms with E-state index < -0.39 is 30.4 Å². The molecule has 1 heterocycles. The summed E-state index contributed by atoms with van der Waals surface area (Å²) in [6.07, 6.45) is 0. The van der Waals surface area contributed by atoms with Gasteiger partial charge in [0.1, 0.15) is 24.1 Å². The molecule has 27 heavy (non-hydrogen) atoms. The second-order valence-electron chi connectivity index (χ2n) is 5.83. The van der Waals surface area contributed by atoms with Crippen LogP contribution in [0, 0.1) is 0 Å². The molecule has 0 radical (unpaired) electrons. The van der Waals surface area contributed by atoms with Gasteiger partial charge in [-0.25, -0.2) is 4.79 Å². The number of amides is 4. The van der Waals surface area contributed by atoms with Crippen LogP contribution in [0.25, 0.3) is 0 Å². The lowest BCUT2D eigenvalue weighted by Crippen LogP contribution is -2.38. The van der Waals surface area contributed by atoms with Crippen molar-refractivity contribution in [1.29, 1.82) is 0 Å². The normalized spacial score (nSPS) is 16.1. The van der Waals surface area contributed by atoms with Crippen LogP contribution in [0.4, 0.5) is 10.5 Å². The van der Waals surface area contributed by atoms with E-state index in [0.717, 1.165) is 4.90 Å². The van der Waals surface area contributed by atoms with Crippen LogP contribution < -0.4 is 20.1 Å². The van der Waals surface area contributed by atoms with E-state index in [0.29, 0.717) is 22.7 Å². The van der Waals surface area contributed by atoms with Crippen molar-refractivity contribution in [2.75, 3.05) is 26.1 Å². The molecule has 2 aromatic carbocycles. The molecule has 1 atom stereocenters. The molecular weight excluding hydrogens is 350 g/mol. The topological polar surface area (TPSA) is 97.0 Å². The van der Waals surface area contributed by atoms with E-state index in [-0.39, 0.29) is 0 Å². The molecule has 1 saturated heterocycles. The number of hydrogen-bond donors (Lipinski definition) is 2. The minimum Gasteiger partial charge on any atom is -0.497 e. The first-order valence-corrected chi connectivity index (χ1v) is 8.22. The number of nitrogens with zero attached hydrogens (tertiary/aromatic N) is 1. The molecule has 2 N–H and O–H groups in total. The number of anilines is 1. The number of nitrogens with one attached hydrogen (secondary N) is 2. The molecule has 0 aliphatic carbocycles. The summed E-state index contributed by atoms with van der Waals surface area (Å²) in [5.41, 5.74) is 1.04. The van der Waals surface area contributed by atoms with Crippen molar-refractivity contribution >= 4 is 23.5 Å². The molecule has 0 aromatic heterocycles. The molecule has 0 spiro atoms. The van der Waals surface area contributed by atoms with Gasteiger partial charge in [-0.3, -0.25) is 14.5 Å². The van der Waals surface area contributed by atoms with Gasteiger partial charge >= 0.3 is 6.03 Å². The molecule has 0 bridgehead atoms. The zero-order valence-corrected chi connectivity index (χ0v) is 14.9. The van der Waals surface area contributed by atoms with Crippen LogP contribution in [0.2, 0.25) is 0 Å². The quantitative estimate of drug-likeness (QED) is 0.759. The number of carbonyl (C=O) groups is 3. The van der Waals surface area contributed by atoms with Gasteiger partial charge < -0.3 is 20.1 Å². The maximum atomic E-state index is 12.5. The molecule has 1 aliphatic heterocycles. The number of benzene rings is 2. The Hall–Kier alpha value is -3.55. The molecule has 1 fully saturated rings. The Bertz CT molecular complexity index is 869. The third kappa shape index (κ3) is 3.84. The van der Waals surface area contributed by atoms with E-state index in [1.807, 2.05) is 6.07 Å². The molecule has 4 amide bonds. The van der Waals surface area contributed by atoms with Crippen molar-refractivity contribution in [2.45, 2.75) is 6.04 Å². The predicted octanol–water partition coefficient (Wildman–Crippen LogP) is 1.94. The standard InChI is InChI=1S/C19H19N3O5/c1-26-13-8-9-15(27-2)14(10-13)20-16(23)11-22-18(24)17(21-19(22)25)12-6-4-3-5-7-12/h3-10,17H,11H2,1-2H3,(H,20,23)(H,21,25). The molecule has 2 aromatic rings. The highest BCUT2D eigenvalue weighted by atomic mass is 16.5. The Kier molecular flexibility index (Phi) is 5.25. The average Bonchev–Trinajstić information content (AvgIpc) is 2.96. The van der Waals surface area contributed by atoms with Gasteiger partial charge in [-0.05, 0) is 17.7 Å². The highest BCUT2D eigenvalue weighted by Gasteiger charge is 2.39. The second kappa shape index (κ2) is 7.77. The summed E-state index contributed by atoms with van der Waals surface area (Å²) in [5, 5.41) is 5.23. The lowest BCUT2D eigenvalue weighted by atomic mass is 10.1. The first-order chi connectivity index (χ1) is 13.0.